The Hall–Kier alpha value is -1.91. The first kappa shape index (κ1) is 20.4. The number of imide groups is 1. The highest BCUT2D eigenvalue weighted by Gasteiger charge is 2.21. The predicted octanol–water partition coefficient (Wildman–Crippen LogP) is 1.73. The van der Waals surface area contributed by atoms with Gasteiger partial charge in [-0.3, -0.25) is 19.5 Å². The standard InChI is InChI=1S/C16H22N4O4S2/c1-4-10-8-11-13(26-10)19-16(20(14(11)22)6-5-7-24-3)25-9(2)12(21)18-15(17)23/h8-9H,4-7H2,1-3H3,(H3,17,18,21,23)/t9-/m0/s1. The second-order valence-corrected chi connectivity index (χ2v) is 8.02. The molecule has 2 heterocycles. The van der Waals surface area contributed by atoms with Crippen LogP contribution in [0.3, 0.4) is 0 Å². The topological polar surface area (TPSA) is 116 Å². The van der Waals surface area contributed by atoms with Gasteiger partial charge in [-0.25, -0.2) is 9.78 Å². The number of primary amides is 1. The van der Waals surface area contributed by atoms with Crippen molar-refractivity contribution in [3.8, 4) is 0 Å². The molecule has 0 saturated heterocycles. The van der Waals surface area contributed by atoms with E-state index in [1.807, 2.05) is 18.3 Å². The molecule has 2 aromatic rings. The number of thiophene rings is 1. The molecule has 2 aromatic heterocycles. The Morgan fingerprint density at radius 1 is 1.50 bits per heavy atom. The Labute approximate surface area is 159 Å². The van der Waals surface area contributed by atoms with Gasteiger partial charge in [-0.2, -0.15) is 0 Å². The third-order valence-electron chi connectivity index (χ3n) is 3.64. The molecule has 0 aliphatic carbocycles. The zero-order valence-electron chi connectivity index (χ0n) is 14.9. The number of hydrogen-bond acceptors (Lipinski definition) is 7. The largest absolute Gasteiger partial charge is 0.385 e. The van der Waals surface area contributed by atoms with Crippen molar-refractivity contribution in [1.29, 1.82) is 0 Å². The Kier molecular flexibility index (Phi) is 7.18. The number of fused-ring (bicyclic) bond motifs is 1. The summed E-state index contributed by atoms with van der Waals surface area (Å²) in [5.41, 5.74) is 4.86. The van der Waals surface area contributed by atoms with Gasteiger partial charge in [-0.05, 0) is 25.8 Å². The van der Waals surface area contributed by atoms with Crippen LogP contribution >= 0.6 is 23.1 Å². The number of thioether (sulfide) groups is 1. The van der Waals surface area contributed by atoms with Crippen LogP contribution < -0.4 is 16.6 Å². The number of hydrogen-bond donors (Lipinski definition) is 2. The molecule has 0 saturated carbocycles. The van der Waals surface area contributed by atoms with Gasteiger partial charge in [0, 0.05) is 25.1 Å². The normalized spacial score (nSPS) is 12.3. The maximum absolute atomic E-state index is 12.9. The molecule has 1 atom stereocenters. The minimum absolute atomic E-state index is 0.132. The average Bonchev–Trinajstić information content (AvgIpc) is 3.00. The van der Waals surface area contributed by atoms with Gasteiger partial charge in [-0.1, -0.05) is 18.7 Å². The summed E-state index contributed by atoms with van der Waals surface area (Å²) in [6, 6.07) is 0.967. The summed E-state index contributed by atoms with van der Waals surface area (Å²) in [6.07, 6.45) is 1.47. The van der Waals surface area contributed by atoms with E-state index in [1.54, 1.807) is 18.6 Å². The van der Waals surface area contributed by atoms with Crippen molar-refractivity contribution in [2.24, 2.45) is 5.73 Å². The molecule has 0 aliphatic rings. The van der Waals surface area contributed by atoms with Crippen molar-refractivity contribution in [2.45, 2.75) is 43.6 Å². The third kappa shape index (κ3) is 4.83. The van der Waals surface area contributed by atoms with E-state index in [0.717, 1.165) is 23.1 Å². The lowest BCUT2D eigenvalue weighted by Gasteiger charge is -2.14. The first-order valence-electron chi connectivity index (χ1n) is 8.16. The Balaban J connectivity index is 2.40. The molecular weight excluding hydrogens is 376 g/mol. The van der Waals surface area contributed by atoms with Gasteiger partial charge in [-0.15, -0.1) is 11.3 Å². The quantitative estimate of drug-likeness (QED) is 0.397. The second kappa shape index (κ2) is 9.15. The van der Waals surface area contributed by atoms with Gasteiger partial charge in [0.15, 0.2) is 5.16 Å². The molecule has 0 aliphatic heterocycles. The van der Waals surface area contributed by atoms with Crippen molar-refractivity contribution in [3.05, 3.63) is 21.3 Å². The molecule has 0 bridgehead atoms. The van der Waals surface area contributed by atoms with Crippen molar-refractivity contribution in [2.75, 3.05) is 13.7 Å². The molecule has 3 N–H and O–H groups in total. The highest BCUT2D eigenvalue weighted by atomic mass is 32.2. The van der Waals surface area contributed by atoms with Crippen LogP contribution in [0, 0.1) is 0 Å². The fourth-order valence-corrected chi connectivity index (χ4v) is 4.25. The van der Waals surface area contributed by atoms with Crippen LogP contribution in [-0.2, 0) is 22.5 Å². The van der Waals surface area contributed by atoms with Crippen LogP contribution in [0.4, 0.5) is 4.79 Å². The number of amides is 3. The number of urea groups is 1. The van der Waals surface area contributed by atoms with E-state index in [2.05, 4.69) is 4.98 Å². The maximum Gasteiger partial charge on any atom is 0.318 e. The van der Waals surface area contributed by atoms with Crippen LogP contribution in [0.2, 0.25) is 0 Å². The van der Waals surface area contributed by atoms with E-state index in [4.69, 9.17) is 10.5 Å². The number of methoxy groups -OCH3 is 1. The van der Waals surface area contributed by atoms with Gasteiger partial charge in [0.1, 0.15) is 4.83 Å². The monoisotopic (exact) mass is 398 g/mol. The highest BCUT2D eigenvalue weighted by molar-refractivity contribution is 8.00. The number of aromatic nitrogens is 2. The molecule has 142 valence electrons. The SMILES string of the molecule is CCc1cc2c(=O)n(CCCOC)c(S[C@@H](C)C(=O)NC(N)=O)nc2s1. The average molecular weight is 399 g/mol. The number of aryl methyl sites for hydroxylation is 1. The third-order valence-corrected chi connectivity index (χ3v) is 5.91. The smallest absolute Gasteiger partial charge is 0.318 e. The van der Waals surface area contributed by atoms with Crippen LogP contribution in [0.5, 0.6) is 0 Å². The summed E-state index contributed by atoms with van der Waals surface area (Å²) >= 11 is 2.59. The van der Waals surface area contributed by atoms with Gasteiger partial charge in [0.2, 0.25) is 5.91 Å². The Bertz CT molecular complexity index is 862. The molecule has 8 nitrogen and oxygen atoms in total. The molecule has 0 unspecified atom stereocenters. The summed E-state index contributed by atoms with van der Waals surface area (Å²) in [4.78, 5) is 42.1. The molecule has 26 heavy (non-hydrogen) atoms. The first-order valence-corrected chi connectivity index (χ1v) is 9.86. The Morgan fingerprint density at radius 3 is 2.85 bits per heavy atom. The van der Waals surface area contributed by atoms with E-state index < -0.39 is 17.2 Å². The molecular formula is C16H22N4O4S2. The summed E-state index contributed by atoms with van der Waals surface area (Å²) in [5.74, 6) is -0.527. The van der Waals surface area contributed by atoms with Crippen LogP contribution in [0.25, 0.3) is 10.2 Å². The van der Waals surface area contributed by atoms with Gasteiger partial charge >= 0.3 is 6.03 Å². The second-order valence-electron chi connectivity index (χ2n) is 5.60. The van der Waals surface area contributed by atoms with Crippen LogP contribution in [-0.4, -0.2) is 40.5 Å². The van der Waals surface area contributed by atoms with Crippen LogP contribution in [0.15, 0.2) is 16.0 Å². The molecule has 0 spiro atoms. The lowest BCUT2D eigenvalue weighted by molar-refractivity contribution is -0.119. The van der Waals surface area contributed by atoms with Crippen molar-refractivity contribution in [3.63, 3.8) is 0 Å². The predicted molar refractivity (Wildman–Crippen MR) is 103 cm³/mol. The fourth-order valence-electron chi connectivity index (χ4n) is 2.31. The van der Waals surface area contributed by atoms with E-state index in [0.29, 0.717) is 34.9 Å². The molecule has 3 amide bonds. The summed E-state index contributed by atoms with van der Waals surface area (Å²) < 4.78 is 6.62. The number of nitrogens with zero attached hydrogens (tertiary/aromatic N) is 2. The lowest BCUT2D eigenvalue weighted by atomic mass is 10.3. The first-order chi connectivity index (χ1) is 12.4. The fraction of sp³-hybridized carbons (Fsp3) is 0.500. The Morgan fingerprint density at radius 2 is 2.23 bits per heavy atom. The zero-order valence-corrected chi connectivity index (χ0v) is 16.5. The van der Waals surface area contributed by atoms with Gasteiger partial charge < -0.3 is 10.5 Å². The minimum Gasteiger partial charge on any atom is -0.385 e. The molecule has 0 aromatic carbocycles. The van der Waals surface area contributed by atoms with E-state index in [1.165, 1.54) is 11.3 Å². The summed E-state index contributed by atoms with van der Waals surface area (Å²) in [5, 5.41) is 2.44. The number of ether oxygens (including phenoxy) is 1. The van der Waals surface area contributed by atoms with Crippen LogP contribution in [0.1, 0.15) is 25.1 Å². The number of carbonyl (C=O) groups is 2. The van der Waals surface area contributed by atoms with Gasteiger partial charge in [0.25, 0.3) is 5.56 Å². The number of nitrogens with two attached hydrogens (primary N) is 1. The van der Waals surface area contributed by atoms with Crippen molar-refractivity contribution >= 4 is 45.3 Å². The van der Waals surface area contributed by atoms with E-state index in [-0.39, 0.29) is 5.56 Å². The maximum atomic E-state index is 12.9. The number of carbonyl (C=O) groups excluding carboxylic acids is 2. The minimum atomic E-state index is -0.908. The molecule has 0 fully saturated rings. The number of rotatable bonds is 8. The summed E-state index contributed by atoms with van der Waals surface area (Å²) in [6.45, 7) is 4.59. The van der Waals surface area contributed by atoms with Crippen molar-refractivity contribution in [1.82, 2.24) is 14.9 Å². The van der Waals surface area contributed by atoms with Crippen molar-refractivity contribution < 1.29 is 14.3 Å². The zero-order chi connectivity index (χ0) is 19.3. The van der Waals surface area contributed by atoms with E-state index >= 15 is 0 Å². The number of nitrogens with one attached hydrogen (secondary N) is 1. The highest BCUT2D eigenvalue weighted by Crippen LogP contribution is 2.27. The molecule has 2 rings (SSSR count). The molecule has 0 radical (unpaired) electrons. The van der Waals surface area contributed by atoms with Gasteiger partial charge in [0.05, 0.1) is 10.6 Å². The molecule has 10 heteroatoms. The lowest BCUT2D eigenvalue weighted by Crippen LogP contribution is -2.39. The van der Waals surface area contributed by atoms with E-state index in [9.17, 15) is 14.4 Å². The summed E-state index contributed by atoms with van der Waals surface area (Å²) in [7, 11) is 1.60.